The van der Waals surface area contributed by atoms with E-state index in [0.29, 0.717) is 6.42 Å². The van der Waals surface area contributed by atoms with Crippen LogP contribution in [0.15, 0.2) is 30.3 Å². The van der Waals surface area contributed by atoms with Crippen molar-refractivity contribution in [2.24, 2.45) is 0 Å². The second-order valence-corrected chi connectivity index (χ2v) is 6.36. The zero-order valence-electron chi connectivity index (χ0n) is 11.7. The maximum atomic E-state index is 11.3. The molecule has 3 rings (SSSR count). The molecule has 5 heteroatoms. The van der Waals surface area contributed by atoms with E-state index in [1.807, 2.05) is 18.2 Å². The lowest BCUT2D eigenvalue weighted by Gasteiger charge is -2.16. The van der Waals surface area contributed by atoms with Gasteiger partial charge in [-0.25, -0.2) is 4.98 Å². The highest BCUT2D eigenvalue weighted by molar-refractivity contribution is 7.15. The number of hydrogen-bond donors (Lipinski definition) is 2. The lowest BCUT2D eigenvalue weighted by Crippen LogP contribution is -2.17. The van der Waals surface area contributed by atoms with Crippen molar-refractivity contribution in [3.05, 3.63) is 46.5 Å². The molecule has 0 amide bonds. The molecular weight excluding hydrogens is 284 g/mol. The lowest BCUT2D eigenvalue weighted by atomic mass is 9.91. The van der Waals surface area contributed by atoms with Crippen molar-refractivity contribution >= 4 is 22.4 Å². The Morgan fingerprint density at radius 3 is 2.95 bits per heavy atom. The van der Waals surface area contributed by atoms with Gasteiger partial charge in [-0.1, -0.05) is 30.3 Å². The van der Waals surface area contributed by atoms with E-state index in [2.05, 4.69) is 22.4 Å². The summed E-state index contributed by atoms with van der Waals surface area (Å²) in [5.41, 5.74) is 2.07. The van der Waals surface area contributed by atoms with Crippen LogP contribution in [-0.4, -0.2) is 22.6 Å². The number of hydrogen-bond acceptors (Lipinski definition) is 4. The van der Waals surface area contributed by atoms with Gasteiger partial charge in [0.05, 0.1) is 5.69 Å². The Hall–Kier alpha value is -1.88. The number of carbonyl (C=O) groups is 1. The fourth-order valence-electron chi connectivity index (χ4n) is 2.69. The van der Waals surface area contributed by atoms with E-state index in [0.717, 1.165) is 41.5 Å². The Labute approximate surface area is 127 Å². The summed E-state index contributed by atoms with van der Waals surface area (Å²) in [6, 6.07) is 10.3. The monoisotopic (exact) mass is 302 g/mol. The second-order valence-electron chi connectivity index (χ2n) is 5.27. The number of thiazole rings is 1. The molecule has 110 valence electrons. The van der Waals surface area contributed by atoms with Crippen LogP contribution in [0.1, 0.15) is 34.9 Å². The van der Waals surface area contributed by atoms with Crippen LogP contribution in [0.4, 0.5) is 5.13 Å². The van der Waals surface area contributed by atoms with Crippen LogP contribution in [-0.2, 0) is 17.6 Å². The van der Waals surface area contributed by atoms with Gasteiger partial charge in [-0.15, -0.1) is 11.3 Å². The summed E-state index contributed by atoms with van der Waals surface area (Å²) in [5, 5.41) is 13.4. The Morgan fingerprint density at radius 1 is 1.38 bits per heavy atom. The summed E-state index contributed by atoms with van der Waals surface area (Å²) in [6.45, 7) is 0.814. The molecule has 1 atom stereocenters. The first kappa shape index (κ1) is 14.1. The smallest absolute Gasteiger partial charge is 0.312 e. The molecule has 0 spiro atoms. The summed E-state index contributed by atoms with van der Waals surface area (Å²) >= 11 is 1.61. The van der Waals surface area contributed by atoms with Gasteiger partial charge in [-0.05, 0) is 31.2 Å². The predicted octanol–water partition coefficient (Wildman–Crippen LogP) is 3.30. The normalized spacial score (nSPS) is 17.2. The molecule has 0 bridgehead atoms. The third kappa shape index (κ3) is 3.24. The number of aliphatic carboxylic acids is 1. The molecule has 0 fully saturated rings. The highest BCUT2D eigenvalue weighted by Crippen LogP contribution is 2.36. The number of anilines is 1. The largest absolute Gasteiger partial charge is 0.481 e. The van der Waals surface area contributed by atoms with Gasteiger partial charge in [-0.3, -0.25) is 4.79 Å². The minimum Gasteiger partial charge on any atom is -0.481 e. The van der Waals surface area contributed by atoms with E-state index < -0.39 is 11.9 Å². The number of benzene rings is 1. The SMILES string of the molecule is O=C(O)C1CCCc2sc(NCCc3ccccc3)nc21. The molecule has 0 aliphatic heterocycles. The molecule has 1 aromatic heterocycles. The molecule has 0 saturated heterocycles. The van der Waals surface area contributed by atoms with Gasteiger partial charge in [0, 0.05) is 11.4 Å². The lowest BCUT2D eigenvalue weighted by molar-refractivity contribution is -0.139. The van der Waals surface area contributed by atoms with Gasteiger partial charge in [-0.2, -0.15) is 0 Å². The van der Waals surface area contributed by atoms with Crippen molar-refractivity contribution in [1.82, 2.24) is 4.98 Å². The minimum atomic E-state index is -0.753. The molecule has 1 aromatic carbocycles. The number of carboxylic acids is 1. The van der Waals surface area contributed by atoms with E-state index in [9.17, 15) is 9.90 Å². The minimum absolute atomic E-state index is 0.422. The zero-order chi connectivity index (χ0) is 14.7. The van der Waals surface area contributed by atoms with Crippen LogP contribution >= 0.6 is 11.3 Å². The van der Waals surface area contributed by atoms with Crippen LogP contribution < -0.4 is 5.32 Å². The number of aromatic nitrogens is 1. The molecular formula is C16H18N2O2S. The number of fused-ring (bicyclic) bond motifs is 1. The second kappa shape index (κ2) is 6.26. The summed E-state index contributed by atoms with van der Waals surface area (Å²) < 4.78 is 0. The predicted molar refractivity (Wildman–Crippen MR) is 84.1 cm³/mol. The van der Waals surface area contributed by atoms with E-state index in [4.69, 9.17) is 0 Å². The molecule has 4 nitrogen and oxygen atoms in total. The van der Waals surface area contributed by atoms with Gasteiger partial charge in [0.25, 0.3) is 0 Å². The molecule has 2 N–H and O–H groups in total. The van der Waals surface area contributed by atoms with Gasteiger partial charge < -0.3 is 10.4 Å². The van der Waals surface area contributed by atoms with Gasteiger partial charge >= 0.3 is 5.97 Å². The number of rotatable bonds is 5. The molecule has 0 saturated carbocycles. The van der Waals surface area contributed by atoms with E-state index in [1.54, 1.807) is 11.3 Å². The average Bonchev–Trinajstić information content (AvgIpc) is 2.90. The van der Waals surface area contributed by atoms with Gasteiger partial charge in [0.2, 0.25) is 0 Å². The zero-order valence-corrected chi connectivity index (χ0v) is 12.5. The topological polar surface area (TPSA) is 62.2 Å². The Kier molecular flexibility index (Phi) is 4.20. The Bertz CT molecular complexity index is 624. The van der Waals surface area contributed by atoms with Crippen LogP contribution in [0, 0.1) is 0 Å². The molecule has 2 aromatic rings. The first-order valence-electron chi connectivity index (χ1n) is 7.24. The molecule has 1 aliphatic carbocycles. The summed E-state index contributed by atoms with van der Waals surface area (Å²) in [7, 11) is 0. The highest BCUT2D eigenvalue weighted by atomic mass is 32.1. The first-order valence-corrected chi connectivity index (χ1v) is 8.06. The summed E-state index contributed by atoms with van der Waals surface area (Å²) in [5.74, 6) is -1.17. The number of nitrogens with one attached hydrogen (secondary N) is 1. The molecule has 21 heavy (non-hydrogen) atoms. The maximum absolute atomic E-state index is 11.3. The fraction of sp³-hybridized carbons (Fsp3) is 0.375. The molecule has 1 aliphatic rings. The Morgan fingerprint density at radius 2 is 2.19 bits per heavy atom. The summed E-state index contributed by atoms with van der Waals surface area (Å²) in [6.07, 6.45) is 3.54. The quantitative estimate of drug-likeness (QED) is 0.889. The number of nitrogens with zero attached hydrogens (tertiary/aromatic N) is 1. The van der Waals surface area contributed by atoms with Gasteiger partial charge in [0.15, 0.2) is 5.13 Å². The van der Waals surface area contributed by atoms with Crippen molar-refractivity contribution in [1.29, 1.82) is 0 Å². The van der Waals surface area contributed by atoms with E-state index in [-0.39, 0.29) is 0 Å². The Balaban J connectivity index is 1.63. The third-order valence-electron chi connectivity index (χ3n) is 3.79. The average molecular weight is 302 g/mol. The number of aryl methyl sites for hydroxylation is 1. The number of carboxylic acid groups (broad SMARTS) is 1. The molecule has 1 unspecified atom stereocenters. The molecule has 1 heterocycles. The summed E-state index contributed by atoms with van der Waals surface area (Å²) in [4.78, 5) is 16.9. The van der Waals surface area contributed by atoms with E-state index in [1.165, 1.54) is 5.56 Å². The van der Waals surface area contributed by atoms with Crippen LogP contribution in [0.5, 0.6) is 0 Å². The highest BCUT2D eigenvalue weighted by Gasteiger charge is 2.29. The maximum Gasteiger partial charge on any atom is 0.312 e. The van der Waals surface area contributed by atoms with Crippen molar-refractivity contribution in [2.75, 3.05) is 11.9 Å². The van der Waals surface area contributed by atoms with Crippen LogP contribution in [0.3, 0.4) is 0 Å². The van der Waals surface area contributed by atoms with Gasteiger partial charge in [0.1, 0.15) is 5.92 Å². The van der Waals surface area contributed by atoms with Crippen molar-refractivity contribution in [3.8, 4) is 0 Å². The van der Waals surface area contributed by atoms with Crippen LogP contribution in [0.25, 0.3) is 0 Å². The third-order valence-corrected chi connectivity index (χ3v) is 4.87. The fourth-order valence-corrected chi connectivity index (χ4v) is 3.78. The molecule has 0 radical (unpaired) electrons. The standard InChI is InChI=1S/C16H18N2O2S/c19-15(20)12-7-4-8-13-14(12)18-16(21-13)17-10-9-11-5-2-1-3-6-11/h1-3,5-6,12H,4,7-10H2,(H,17,18)(H,19,20). The van der Waals surface area contributed by atoms with Crippen molar-refractivity contribution < 1.29 is 9.90 Å². The van der Waals surface area contributed by atoms with Crippen LogP contribution in [0.2, 0.25) is 0 Å². The van der Waals surface area contributed by atoms with E-state index >= 15 is 0 Å². The van der Waals surface area contributed by atoms with Crippen molar-refractivity contribution in [3.63, 3.8) is 0 Å². The van der Waals surface area contributed by atoms with Crippen molar-refractivity contribution in [2.45, 2.75) is 31.6 Å². The first-order chi connectivity index (χ1) is 10.2.